The summed E-state index contributed by atoms with van der Waals surface area (Å²) in [5.74, 6) is 1.51. The number of hydrogen-bond acceptors (Lipinski definition) is 4. The lowest BCUT2D eigenvalue weighted by Crippen LogP contribution is -2.25. The molecule has 0 radical (unpaired) electrons. The van der Waals surface area contributed by atoms with Crippen molar-refractivity contribution in [1.82, 2.24) is 9.55 Å². The summed E-state index contributed by atoms with van der Waals surface area (Å²) in [4.78, 5) is 8.90. The fourth-order valence-corrected chi connectivity index (χ4v) is 7.90. The van der Waals surface area contributed by atoms with E-state index in [4.69, 9.17) is 19.3 Å². The summed E-state index contributed by atoms with van der Waals surface area (Å²) in [5, 5.41) is 1.02. The Morgan fingerprint density at radius 3 is 2.02 bits per heavy atom. The zero-order valence-corrected chi connectivity index (χ0v) is 32.3. The lowest BCUT2D eigenvalue weighted by atomic mass is 9.88. The first kappa shape index (κ1) is 26.7. The second-order valence-corrected chi connectivity index (χ2v) is 15.4. The number of hydrogen-bond donors (Lipinski definition) is 0. The molecule has 0 spiro atoms. The lowest BCUT2D eigenvalue weighted by Gasteiger charge is -2.28. The van der Waals surface area contributed by atoms with Crippen LogP contribution in [0.15, 0.2) is 182 Å². The molecule has 1 aliphatic heterocycles. The third-order valence-electron chi connectivity index (χ3n) is 10.7. The molecule has 58 heavy (non-hydrogen) atoms. The van der Waals surface area contributed by atoms with Crippen LogP contribution in [0.2, 0.25) is 0 Å². The Balaban J connectivity index is 1.10. The van der Waals surface area contributed by atoms with Gasteiger partial charge in [-0.25, -0.2) is 4.98 Å². The molecule has 0 N–H and O–H groups in total. The minimum absolute atomic E-state index is 0.133. The molecule has 1 aliphatic rings. The van der Waals surface area contributed by atoms with E-state index in [1.807, 2.05) is 133 Å². The molecule has 0 saturated carbocycles. The fourth-order valence-electron chi connectivity index (χ4n) is 7.90. The van der Waals surface area contributed by atoms with Crippen LogP contribution in [-0.2, 0) is 5.41 Å². The second kappa shape index (κ2) is 14.1. The number of nitrogens with zero attached hydrogens (tertiary/aromatic N) is 4. The zero-order chi connectivity index (χ0) is 47.1. The maximum atomic E-state index is 9.52. The Morgan fingerprint density at radius 2 is 1.31 bits per heavy atom. The first-order chi connectivity index (χ1) is 32.0. The topological polar surface area (TPSA) is 33.5 Å². The van der Waals surface area contributed by atoms with Crippen molar-refractivity contribution < 1.29 is 17.1 Å². The molecule has 9 aromatic rings. The minimum atomic E-state index is -2.73. The van der Waals surface area contributed by atoms with Gasteiger partial charge in [-0.05, 0) is 101 Å². The first-order valence-corrected chi connectivity index (χ1v) is 19.2. The van der Waals surface area contributed by atoms with Crippen LogP contribution in [0.1, 0.15) is 44.2 Å². The van der Waals surface area contributed by atoms with Gasteiger partial charge in [0.2, 0.25) is 0 Å². The fraction of sp³-hybridized carbons (Fsp3) is 0.113. The third kappa shape index (κ3) is 6.25. The van der Waals surface area contributed by atoms with E-state index < -0.39 is 6.85 Å². The second-order valence-electron chi connectivity index (χ2n) is 15.4. The van der Waals surface area contributed by atoms with Crippen LogP contribution in [0.5, 0.6) is 11.5 Å². The van der Waals surface area contributed by atoms with Gasteiger partial charge in [0, 0.05) is 50.0 Å². The Bertz CT molecular complexity index is 3350. The Morgan fingerprint density at radius 1 is 0.638 bits per heavy atom. The van der Waals surface area contributed by atoms with Crippen molar-refractivity contribution in [1.29, 1.82) is 0 Å². The van der Waals surface area contributed by atoms with Crippen LogP contribution in [0.3, 0.4) is 0 Å². The molecule has 0 saturated heterocycles. The van der Waals surface area contributed by atoms with Crippen molar-refractivity contribution in [3.05, 3.63) is 193 Å². The molecular weight excluding hydrogens is 709 g/mol. The molecule has 5 heteroatoms. The number of ether oxygens (including phenoxy) is 1. The summed E-state index contributed by atoms with van der Waals surface area (Å²) < 4.78 is 88.1. The van der Waals surface area contributed by atoms with Gasteiger partial charge in [-0.15, -0.1) is 0 Å². The molecular formula is C53H44N4O. The van der Waals surface area contributed by atoms with E-state index in [-0.39, 0.29) is 53.9 Å². The van der Waals surface area contributed by atoms with E-state index in [2.05, 4.69) is 30.6 Å². The summed E-state index contributed by atoms with van der Waals surface area (Å²) in [7, 11) is 0. The highest BCUT2D eigenvalue weighted by Gasteiger charge is 2.31. The summed E-state index contributed by atoms with van der Waals surface area (Å²) in [6, 6.07) is 42.2. The van der Waals surface area contributed by atoms with Crippen molar-refractivity contribution in [2.24, 2.45) is 0 Å². The smallest absolute Gasteiger partial charge is 0.137 e. The lowest BCUT2D eigenvalue weighted by molar-refractivity contribution is 0.483. The third-order valence-corrected chi connectivity index (χ3v) is 10.7. The molecule has 2 aromatic heterocycles. The number of benzene rings is 7. The van der Waals surface area contributed by atoms with E-state index in [1.165, 1.54) is 0 Å². The molecule has 282 valence electrons. The van der Waals surface area contributed by atoms with Crippen LogP contribution < -0.4 is 14.5 Å². The molecule has 0 amide bonds. The molecule has 3 heterocycles. The largest absolute Gasteiger partial charge is 0.457 e. The van der Waals surface area contributed by atoms with E-state index >= 15 is 0 Å². The summed E-state index contributed by atoms with van der Waals surface area (Å²) >= 11 is 0. The number of pyridine rings is 1. The number of fused-ring (bicyclic) bond motifs is 4. The quantitative estimate of drug-likeness (QED) is 0.162. The Hall–Kier alpha value is -7.11. The van der Waals surface area contributed by atoms with Gasteiger partial charge >= 0.3 is 0 Å². The molecule has 0 atom stereocenters. The highest BCUT2D eigenvalue weighted by molar-refractivity contribution is 6.09. The van der Waals surface area contributed by atoms with Gasteiger partial charge in [0.25, 0.3) is 0 Å². The van der Waals surface area contributed by atoms with Crippen LogP contribution in [0.4, 0.5) is 22.7 Å². The molecule has 5 nitrogen and oxygen atoms in total. The van der Waals surface area contributed by atoms with Crippen LogP contribution >= 0.6 is 0 Å². The maximum absolute atomic E-state index is 9.52. The van der Waals surface area contributed by atoms with E-state index in [0.29, 0.717) is 67.1 Å². The van der Waals surface area contributed by atoms with E-state index in [1.54, 1.807) is 16.8 Å². The molecule has 0 unspecified atom stereocenters. The number of para-hydroxylation sites is 3. The number of rotatable bonds is 7. The van der Waals surface area contributed by atoms with Crippen molar-refractivity contribution in [2.75, 3.05) is 16.5 Å². The molecule has 0 bridgehead atoms. The van der Waals surface area contributed by atoms with Gasteiger partial charge in [-0.1, -0.05) is 118 Å². The molecule has 0 aliphatic carbocycles. The molecule has 0 fully saturated rings. The van der Waals surface area contributed by atoms with Crippen molar-refractivity contribution in [3.8, 4) is 39.6 Å². The normalized spacial score (nSPS) is 15.1. The maximum Gasteiger partial charge on any atom is 0.137 e. The highest BCUT2D eigenvalue weighted by Crippen LogP contribution is 2.50. The summed E-state index contributed by atoms with van der Waals surface area (Å²) in [5.41, 5.74) is 6.56. The predicted octanol–water partition coefficient (Wildman–Crippen LogP) is 14.2. The van der Waals surface area contributed by atoms with E-state index in [9.17, 15) is 2.74 Å². The number of anilines is 4. The van der Waals surface area contributed by atoms with Gasteiger partial charge in [0.15, 0.2) is 0 Å². The average molecular weight is 762 g/mol. The SMILES string of the molecule is [2H]c1c(-c2ccccc2)c(N2CN(c3cccc(Oc4ccc5c6c([2H])c([2H])c([2H])c([2H])c6n(-c6cc(C(C)(C)C)ccn6)c5c4)c3)c3ccccc32)c(-c2ccccc2)c([2H])c1C([2H])([2H])[2H]. The minimum Gasteiger partial charge on any atom is -0.457 e. The predicted molar refractivity (Wildman–Crippen MR) is 241 cm³/mol. The van der Waals surface area contributed by atoms with E-state index in [0.717, 1.165) is 22.6 Å². The Labute approximate surface area is 352 Å². The van der Waals surface area contributed by atoms with Crippen molar-refractivity contribution >= 4 is 44.6 Å². The van der Waals surface area contributed by atoms with Crippen LogP contribution in [0, 0.1) is 6.85 Å². The van der Waals surface area contributed by atoms with Crippen LogP contribution in [0.25, 0.3) is 49.9 Å². The summed E-state index contributed by atoms with van der Waals surface area (Å²) in [6.45, 7) is 3.84. The van der Waals surface area contributed by atoms with Crippen LogP contribution in [-0.4, -0.2) is 16.2 Å². The van der Waals surface area contributed by atoms with Gasteiger partial charge < -0.3 is 14.5 Å². The van der Waals surface area contributed by atoms with Gasteiger partial charge in [-0.3, -0.25) is 4.57 Å². The van der Waals surface area contributed by atoms with Gasteiger partial charge in [-0.2, -0.15) is 0 Å². The van der Waals surface area contributed by atoms with Gasteiger partial charge in [0.05, 0.1) is 36.3 Å². The highest BCUT2D eigenvalue weighted by atomic mass is 16.5. The monoisotopic (exact) mass is 761 g/mol. The molecule has 7 aromatic carbocycles. The Kier molecular flexibility index (Phi) is 6.50. The summed E-state index contributed by atoms with van der Waals surface area (Å²) in [6.07, 6.45) is 1.72. The molecule has 10 rings (SSSR count). The first-order valence-electron chi connectivity index (χ1n) is 23.7. The van der Waals surface area contributed by atoms with Gasteiger partial charge in [0.1, 0.15) is 24.0 Å². The standard InChI is InChI=1S/C53H44N4O/c1-36-30-45(37-16-7-5-8-17-37)52(46(31-36)38-18-9-6-10-19-38)56-35-55(48-24-13-14-25-49(48)56)40-20-15-21-41(33-40)58-42-26-27-44-43-22-11-12-23-47(43)57(50(44)34-42)51-32-39(28-29-54-51)53(2,3)4/h5-34H,35H2,1-4H3/i1D3,11D,12D,22D,23D,30D,31D. The van der Waals surface area contributed by atoms with Crippen molar-refractivity contribution in [3.63, 3.8) is 0 Å². The zero-order valence-electron chi connectivity index (χ0n) is 41.3. The average Bonchev–Trinajstić information content (AvgIpc) is 3.86. The van der Waals surface area contributed by atoms with Crippen molar-refractivity contribution in [2.45, 2.75) is 33.0 Å². The number of aromatic nitrogens is 2.